The zero-order chi connectivity index (χ0) is 31.6. The van der Waals surface area contributed by atoms with Gasteiger partial charge in [-0.1, -0.05) is 11.6 Å². The van der Waals surface area contributed by atoms with Crippen molar-refractivity contribution in [3.05, 3.63) is 52.8 Å². The van der Waals surface area contributed by atoms with Gasteiger partial charge < -0.3 is 20.3 Å². The van der Waals surface area contributed by atoms with Crippen molar-refractivity contribution in [1.29, 1.82) is 0 Å². The van der Waals surface area contributed by atoms with Gasteiger partial charge in [0.05, 0.1) is 9.92 Å². The summed E-state index contributed by atoms with van der Waals surface area (Å²) >= 11 is 5.81. The largest absolute Gasteiger partial charge is 0.454 e. The zero-order valence-corrected chi connectivity index (χ0v) is 24.9. The van der Waals surface area contributed by atoms with Crippen LogP contribution in [0.25, 0.3) is 0 Å². The maximum atomic E-state index is 13.6. The summed E-state index contributed by atoms with van der Waals surface area (Å²) in [6.07, 6.45) is -2.53. The van der Waals surface area contributed by atoms with Gasteiger partial charge >= 0.3 is 12.2 Å². The van der Waals surface area contributed by atoms with E-state index in [2.05, 4.69) is 25.6 Å². The van der Waals surface area contributed by atoms with E-state index >= 15 is 0 Å². The Morgan fingerprint density at radius 2 is 1.80 bits per heavy atom. The van der Waals surface area contributed by atoms with Gasteiger partial charge in [-0.15, -0.1) is 0 Å². The van der Waals surface area contributed by atoms with Crippen molar-refractivity contribution in [2.24, 2.45) is 0 Å². The van der Waals surface area contributed by atoms with Gasteiger partial charge in [0.15, 0.2) is 6.61 Å². The number of benzene rings is 2. The Morgan fingerprint density at radius 3 is 2.48 bits per heavy atom. The number of fused-ring (bicyclic) bond motifs is 1. The maximum Gasteiger partial charge on any atom is 0.422 e. The van der Waals surface area contributed by atoms with E-state index in [4.69, 9.17) is 16.3 Å². The van der Waals surface area contributed by atoms with E-state index in [1.54, 1.807) is 17.0 Å². The third kappa shape index (κ3) is 7.47. The fourth-order valence-electron chi connectivity index (χ4n) is 5.02. The number of hydrogen-bond acceptors (Lipinski definition) is 9. The van der Waals surface area contributed by atoms with Gasteiger partial charge in [0, 0.05) is 44.0 Å². The van der Waals surface area contributed by atoms with Gasteiger partial charge in [-0.2, -0.15) is 32.4 Å². The van der Waals surface area contributed by atoms with Crippen molar-refractivity contribution in [3.8, 4) is 6.01 Å². The number of aryl methyl sites for hydroxylation is 1. The maximum absolute atomic E-state index is 13.6. The quantitative estimate of drug-likeness (QED) is 0.325. The molecule has 2 aromatic carbocycles. The van der Waals surface area contributed by atoms with Crippen LogP contribution < -0.4 is 20.3 Å². The highest BCUT2D eigenvalue weighted by molar-refractivity contribution is 7.89. The molecule has 0 bridgehead atoms. The van der Waals surface area contributed by atoms with E-state index in [9.17, 15) is 30.8 Å². The number of nitrogens with one attached hydrogen (secondary N) is 2. The monoisotopic (exact) mass is 657 g/mol. The molecule has 3 heterocycles. The summed E-state index contributed by atoms with van der Waals surface area (Å²) in [7, 11) is -3.82. The smallest absolute Gasteiger partial charge is 0.422 e. The van der Waals surface area contributed by atoms with E-state index < -0.39 is 34.6 Å². The summed E-state index contributed by atoms with van der Waals surface area (Å²) in [5, 5.41) is 5.57. The second kappa shape index (κ2) is 12.7. The lowest BCUT2D eigenvalue weighted by Crippen LogP contribution is -2.42. The molecule has 44 heavy (non-hydrogen) atoms. The van der Waals surface area contributed by atoms with Crippen molar-refractivity contribution in [2.45, 2.75) is 49.7 Å². The number of amides is 1. The number of sulfonamides is 1. The number of anilines is 4. The van der Waals surface area contributed by atoms with Gasteiger partial charge in [0.2, 0.25) is 27.8 Å². The van der Waals surface area contributed by atoms with Crippen molar-refractivity contribution in [3.63, 3.8) is 0 Å². The number of alkyl halides is 3. The van der Waals surface area contributed by atoms with Gasteiger partial charge in [0.25, 0.3) is 0 Å². The predicted molar refractivity (Wildman–Crippen MR) is 154 cm³/mol. The van der Waals surface area contributed by atoms with E-state index in [0.29, 0.717) is 25.8 Å². The first kappa shape index (κ1) is 31.7. The van der Waals surface area contributed by atoms with E-state index in [0.717, 1.165) is 23.7 Å². The molecule has 11 nitrogen and oxygen atoms in total. The number of aromatic nitrogens is 3. The molecule has 0 saturated carbocycles. The van der Waals surface area contributed by atoms with Gasteiger partial charge in [0.1, 0.15) is 5.82 Å². The molecule has 3 aromatic rings. The molecule has 2 aliphatic rings. The third-order valence-corrected chi connectivity index (χ3v) is 9.31. The first-order chi connectivity index (χ1) is 20.8. The van der Waals surface area contributed by atoms with Crippen molar-refractivity contribution in [1.82, 2.24) is 19.3 Å². The molecule has 2 aliphatic heterocycles. The number of hydrogen-bond donors (Lipinski definition) is 2. The first-order valence-electron chi connectivity index (χ1n) is 13.6. The van der Waals surface area contributed by atoms with E-state index in [-0.39, 0.29) is 52.5 Å². The highest BCUT2D eigenvalue weighted by atomic mass is 35.5. The molecule has 1 saturated heterocycles. The summed E-state index contributed by atoms with van der Waals surface area (Å²) in [5.74, 6) is -1.04. The topological polar surface area (TPSA) is 130 Å². The average Bonchev–Trinajstić information content (AvgIpc) is 2.97. The minimum absolute atomic E-state index is 0.0982. The summed E-state index contributed by atoms with van der Waals surface area (Å²) < 4.78 is 84.9. The molecular weight excluding hydrogens is 630 g/mol. The fraction of sp³-hybridized carbons (Fsp3) is 0.407. The van der Waals surface area contributed by atoms with Crippen molar-refractivity contribution >= 4 is 50.8 Å². The molecular formula is C27H28ClF4N7O4S. The van der Waals surface area contributed by atoms with Crippen LogP contribution in [-0.4, -0.2) is 72.0 Å². The average molecular weight is 658 g/mol. The number of rotatable bonds is 8. The van der Waals surface area contributed by atoms with E-state index in [1.165, 1.54) is 29.4 Å². The lowest BCUT2D eigenvalue weighted by atomic mass is 10.0. The van der Waals surface area contributed by atoms with Crippen LogP contribution in [0.3, 0.4) is 0 Å². The predicted octanol–water partition coefficient (Wildman–Crippen LogP) is 4.91. The Kier molecular flexibility index (Phi) is 9.13. The molecule has 236 valence electrons. The Morgan fingerprint density at radius 1 is 1.07 bits per heavy atom. The number of carbonyl (C=O) groups is 1. The minimum Gasteiger partial charge on any atom is -0.454 e. The lowest BCUT2D eigenvalue weighted by molar-refractivity contribution is -0.154. The Bertz CT molecular complexity index is 1650. The Balaban J connectivity index is 1.28. The molecule has 0 aliphatic carbocycles. The number of carbonyl (C=O) groups excluding carboxylic acids is 1. The first-order valence-corrected chi connectivity index (χ1v) is 15.5. The van der Waals surface area contributed by atoms with Crippen LogP contribution in [0.4, 0.5) is 40.8 Å². The number of nitrogens with zero attached hydrogens (tertiary/aromatic N) is 5. The SMILES string of the molecule is CC(=O)N1CCCc2cc(S(=O)(=O)N3CCC(Nc4nc(Nc5ccc(F)c(Cl)c5)nc(OCC(F)(F)F)n4)CC3)ccc21. The summed E-state index contributed by atoms with van der Waals surface area (Å²) in [6.45, 7) is 0.759. The zero-order valence-electron chi connectivity index (χ0n) is 23.4. The van der Waals surface area contributed by atoms with Gasteiger partial charge in [-0.25, -0.2) is 12.8 Å². The lowest BCUT2D eigenvalue weighted by Gasteiger charge is -2.32. The second-order valence-electron chi connectivity index (χ2n) is 10.3. The van der Waals surface area contributed by atoms with Crippen LogP contribution in [0.2, 0.25) is 5.02 Å². The summed E-state index contributed by atoms with van der Waals surface area (Å²) in [6, 6.07) is 7.57. The van der Waals surface area contributed by atoms with Crippen molar-refractivity contribution in [2.75, 3.05) is 41.8 Å². The van der Waals surface area contributed by atoms with Crippen LogP contribution in [0, 0.1) is 5.82 Å². The van der Waals surface area contributed by atoms with Crippen LogP contribution in [0.1, 0.15) is 31.7 Å². The van der Waals surface area contributed by atoms with Gasteiger partial charge in [-0.3, -0.25) is 4.79 Å². The molecule has 1 fully saturated rings. The molecule has 0 atom stereocenters. The minimum atomic E-state index is -4.64. The molecule has 0 unspecified atom stereocenters. The summed E-state index contributed by atoms with van der Waals surface area (Å²) in [5.41, 5.74) is 1.79. The Labute approximate surface area is 255 Å². The number of ether oxygens (including phenoxy) is 1. The molecule has 2 N–H and O–H groups in total. The van der Waals surface area contributed by atoms with Crippen LogP contribution in [0.5, 0.6) is 6.01 Å². The number of halogens is 5. The number of piperidine rings is 1. The molecule has 17 heteroatoms. The standard InChI is InChI=1S/C27H28ClF4N7O4S/c1-16(40)39-10-2-3-17-13-20(5-7-23(17)39)44(41,42)38-11-8-18(9-12-38)33-24-35-25(34-19-4-6-22(29)21(28)14-19)37-26(36-24)43-15-27(30,31)32/h4-7,13-14,18H,2-3,8-12,15H2,1H3,(H2,33,34,35,36,37). The summed E-state index contributed by atoms with van der Waals surface area (Å²) in [4.78, 5) is 25.8. The van der Waals surface area contributed by atoms with Crippen LogP contribution in [0.15, 0.2) is 41.3 Å². The Hall–Kier alpha value is -3.76. The fourth-order valence-corrected chi connectivity index (χ4v) is 6.73. The van der Waals surface area contributed by atoms with Crippen LogP contribution in [-0.2, 0) is 21.2 Å². The van der Waals surface area contributed by atoms with Crippen molar-refractivity contribution < 1.29 is 35.5 Å². The molecule has 5 rings (SSSR count). The third-order valence-electron chi connectivity index (χ3n) is 7.13. The normalized spacial score (nSPS) is 16.4. The molecule has 0 spiro atoms. The molecule has 1 aromatic heterocycles. The highest BCUT2D eigenvalue weighted by Crippen LogP contribution is 2.32. The second-order valence-corrected chi connectivity index (χ2v) is 12.7. The molecule has 1 amide bonds. The van der Waals surface area contributed by atoms with Crippen LogP contribution >= 0.6 is 11.6 Å². The highest BCUT2D eigenvalue weighted by Gasteiger charge is 2.32. The molecule has 0 radical (unpaired) electrons. The van der Waals surface area contributed by atoms with Gasteiger partial charge in [-0.05, 0) is 67.6 Å². The van der Waals surface area contributed by atoms with E-state index in [1.807, 2.05) is 0 Å².